The second kappa shape index (κ2) is 11.8. The SMILES string of the molecule is CCCCCCCC1(C(=O)CC2CCN(C(=O)C3(C)CC3)CC2)CCC(c2ccc(C)cc2F)CN1. The molecule has 1 aliphatic carbocycles. The molecule has 1 aromatic carbocycles. The molecule has 2 heterocycles. The summed E-state index contributed by atoms with van der Waals surface area (Å²) >= 11 is 0. The number of hydrogen-bond donors (Lipinski definition) is 1. The largest absolute Gasteiger partial charge is 0.342 e. The van der Waals surface area contributed by atoms with Gasteiger partial charge in [-0.15, -0.1) is 0 Å². The summed E-state index contributed by atoms with van der Waals surface area (Å²) in [5.41, 5.74) is 1.14. The van der Waals surface area contributed by atoms with Crippen LogP contribution in [0.4, 0.5) is 4.39 Å². The zero-order valence-corrected chi connectivity index (χ0v) is 22.8. The molecule has 1 aromatic rings. The van der Waals surface area contributed by atoms with Gasteiger partial charge in [0.05, 0.1) is 5.54 Å². The molecule has 0 radical (unpaired) electrons. The van der Waals surface area contributed by atoms with E-state index in [1.165, 1.54) is 25.7 Å². The molecule has 1 amide bonds. The van der Waals surface area contributed by atoms with E-state index in [1.54, 1.807) is 6.07 Å². The highest BCUT2D eigenvalue weighted by Gasteiger charge is 2.48. The van der Waals surface area contributed by atoms with Gasteiger partial charge in [-0.3, -0.25) is 9.59 Å². The molecule has 2 unspecified atom stereocenters. The molecule has 200 valence electrons. The van der Waals surface area contributed by atoms with Gasteiger partial charge >= 0.3 is 0 Å². The summed E-state index contributed by atoms with van der Waals surface area (Å²) in [6, 6.07) is 5.53. The van der Waals surface area contributed by atoms with E-state index in [1.807, 2.05) is 24.0 Å². The summed E-state index contributed by atoms with van der Waals surface area (Å²) in [4.78, 5) is 28.6. The summed E-state index contributed by atoms with van der Waals surface area (Å²) in [5.74, 6) is 1.02. The second-order valence-electron chi connectivity index (χ2n) is 12.3. The highest BCUT2D eigenvalue weighted by atomic mass is 19.1. The number of amides is 1. The zero-order chi connectivity index (χ0) is 25.8. The number of rotatable bonds is 11. The maximum Gasteiger partial charge on any atom is 0.228 e. The number of hydrogen-bond acceptors (Lipinski definition) is 3. The number of carbonyl (C=O) groups excluding carboxylic acids is 2. The minimum Gasteiger partial charge on any atom is -0.342 e. The van der Waals surface area contributed by atoms with Crippen molar-refractivity contribution in [1.29, 1.82) is 0 Å². The predicted molar refractivity (Wildman–Crippen MR) is 143 cm³/mol. The lowest BCUT2D eigenvalue weighted by Crippen LogP contribution is -2.57. The first-order valence-corrected chi connectivity index (χ1v) is 14.6. The number of piperidine rings is 2. The van der Waals surface area contributed by atoms with Gasteiger partial charge in [-0.05, 0) is 80.9 Å². The van der Waals surface area contributed by atoms with Crippen LogP contribution in [0.3, 0.4) is 0 Å². The third kappa shape index (κ3) is 6.38. The number of aryl methyl sites for hydroxylation is 1. The molecule has 36 heavy (non-hydrogen) atoms. The van der Waals surface area contributed by atoms with Crippen LogP contribution in [0.5, 0.6) is 0 Å². The van der Waals surface area contributed by atoms with Crippen LogP contribution in [0.15, 0.2) is 18.2 Å². The summed E-state index contributed by atoms with van der Waals surface area (Å²) in [5, 5.41) is 3.68. The van der Waals surface area contributed by atoms with Crippen LogP contribution in [0, 0.1) is 24.1 Å². The number of nitrogens with one attached hydrogen (secondary N) is 1. The number of likely N-dealkylation sites (tertiary alicyclic amines) is 1. The first-order chi connectivity index (χ1) is 17.3. The maximum atomic E-state index is 14.7. The van der Waals surface area contributed by atoms with E-state index in [2.05, 4.69) is 19.2 Å². The van der Waals surface area contributed by atoms with E-state index in [4.69, 9.17) is 0 Å². The third-order valence-corrected chi connectivity index (χ3v) is 9.34. The van der Waals surface area contributed by atoms with Gasteiger partial charge in [0.1, 0.15) is 5.82 Å². The topological polar surface area (TPSA) is 49.4 Å². The zero-order valence-electron chi connectivity index (χ0n) is 22.8. The number of halogens is 1. The lowest BCUT2D eigenvalue weighted by atomic mass is 9.73. The van der Waals surface area contributed by atoms with E-state index in [0.717, 1.165) is 75.6 Å². The Morgan fingerprint density at radius 2 is 1.78 bits per heavy atom. The van der Waals surface area contributed by atoms with Gasteiger partial charge in [-0.2, -0.15) is 0 Å². The Labute approximate surface area is 217 Å². The van der Waals surface area contributed by atoms with Gasteiger partial charge in [0.25, 0.3) is 0 Å². The van der Waals surface area contributed by atoms with Gasteiger partial charge in [0.15, 0.2) is 5.78 Å². The molecule has 0 bridgehead atoms. The van der Waals surface area contributed by atoms with Crippen LogP contribution in [0.25, 0.3) is 0 Å². The van der Waals surface area contributed by atoms with Crippen molar-refractivity contribution in [1.82, 2.24) is 10.2 Å². The average molecular weight is 499 g/mol. The normalized spacial score (nSPS) is 26.1. The first kappa shape index (κ1) is 27.3. The van der Waals surface area contributed by atoms with Crippen LogP contribution in [-0.2, 0) is 9.59 Å². The molecule has 3 aliphatic rings. The molecule has 0 aromatic heterocycles. The van der Waals surface area contributed by atoms with Crippen LogP contribution in [0.2, 0.25) is 0 Å². The van der Waals surface area contributed by atoms with E-state index in [0.29, 0.717) is 30.6 Å². The fraction of sp³-hybridized carbons (Fsp3) is 0.742. The van der Waals surface area contributed by atoms with E-state index in [-0.39, 0.29) is 17.2 Å². The molecule has 2 saturated heterocycles. The molecule has 3 fully saturated rings. The quantitative estimate of drug-likeness (QED) is 0.346. The Morgan fingerprint density at radius 1 is 1.06 bits per heavy atom. The van der Waals surface area contributed by atoms with Crippen molar-refractivity contribution in [2.45, 2.75) is 116 Å². The van der Waals surface area contributed by atoms with Crippen molar-refractivity contribution < 1.29 is 14.0 Å². The maximum absolute atomic E-state index is 14.7. The summed E-state index contributed by atoms with van der Waals surface area (Å²) < 4.78 is 14.7. The Balaban J connectivity index is 1.35. The number of unbranched alkanes of at least 4 members (excludes halogenated alkanes) is 4. The van der Waals surface area contributed by atoms with Gasteiger partial charge in [-0.1, -0.05) is 58.1 Å². The second-order valence-corrected chi connectivity index (χ2v) is 12.3. The molecule has 2 atom stereocenters. The lowest BCUT2D eigenvalue weighted by Gasteiger charge is -2.42. The van der Waals surface area contributed by atoms with Gasteiger partial charge in [0, 0.05) is 31.5 Å². The number of ketones is 1. The summed E-state index contributed by atoms with van der Waals surface area (Å²) in [6.45, 7) is 8.46. The van der Waals surface area contributed by atoms with Gasteiger partial charge in [0.2, 0.25) is 5.91 Å². The van der Waals surface area contributed by atoms with Crippen LogP contribution < -0.4 is 5.32 Å². The number of Topliss-reactive ketones (excluding diaryl/α,β-unsaturated/α-hetero) is 1. The molecule has 4 rings (SSSR count). The minimum absolute atomic E-state index is 0.107. The van der Waals surface area contributed by atoms with Crippen LogP contribution in [0.1, 0.15) is 114 Å². The Bertz CT molecular complexity index is 909. The van der Waals surface area contributed by atoms with Crippen molar-refractivity contribution in [3.05, 3.63) is 35.1 Å². The van der Waals surface area contributed by atoms with Crippen molar-refractivity contribution in [2.24, 2.45) is 11.3 Å². The van der Waals surface area contributed by atoms with Crippen LogP contribution >= 0.6 is 0 Å². The summed E-state index contributed by atoms with van der Waals surface area (Å²) in [6.07, 6.45) is 12.9. The van der Waals surface area contributed by atoms with Gasteiger partial charge in [-0.25, -0.2) is 4.39 Å². The van der Waals surface area contributed by atoms with E-state index < -0.39 is 5.54 Å². The lowest BCUT2D eigenvalue weighted by molar-refractivity contribution is -0.138. The fourth-order valence-electron chi connectivity index (χ4n) is 6.36. The number of benzene rings is 1. The van der Waals surface area contributed by atoms with Crippen molar-refractivity contribution in [3.63, 3.8) is 0 Å². The van der Waals surface area contributed by atoms with Crippen molar-refractivity contribution >= 4 is 11.7 Å². The Kier molecular flexibility index (Phi) is 8.91. The molecule has 2 aliphatic heterocycles. The van der Waals surface area contributed by atoms with Gasteiger partial charge < -0.3 is 10.2 Å². The monoisotopic (exact) mass is 498 g/mol. The van der Waals surface area contributed by atoms with Crippen molar-refractivity contribution in [3.8, 4) is 0 Å². The third-order valence-electron chi connectivity index (χ3n) is 9.34. The number of nitrogens with zero attached hydrogens (tertiary/aromatic N) is 1. The minimum atomic E-state index is -0.474. The Hall–Kier alpha value is -1.75. The predicted octanol–water partition coefficient (Wildman–Crippen LogP) is 6.70. The Morgan fingerprint density at radius 3 is 2.39 bits per heavy atom. The fourth-order valence-corrected chi connectivity index (χ4v) is 6.36. The smallest absolute Gasteiger partial charge is 0.228 e. The molecular formula is C31H47FN2O2. The molecule has 1 saturated carbocycles. The van der Waals surface area contributed by atoms with E-state index in [9.17, 15) is 14.0 Å². The molecule has 0 spiro atoms. The summed E-state index contributed by atoms with van der Waals surface area (Å²) in [7, 11) is 0. The highest BCUT2D eigenvalue weighted by molar-refractivity contribution is 5.89. The molecule has 4 nitrogen and oxygen atoms in total. The molecular weight excluding hydrogens is 451 g/mol. The number of carbonyl (C=O) groups is 2. The molecule has 1 N–H and O–H groups in total. The van der Waals surface area contributed by atoms with Crippen LogP contribution in [-0.4, -0.2) is 41.8 Å². The first-order valence-electron chi connectivity index (χ1n) is 14.6. The van der Waals surface area contributed by atoms with Crippen molar-refractivity contribution in [2.75, 3.05) is 19.6 Å². The highest BCUT2D eigenvalue weighted by Crippen LogP contribution is 2.47. The standard InChI is InChI=1S/C31H47FN2O2/c1-4-5-6-7-8-14-31(15-11-25(22-33-31)26-10-9-23(2)20-27(26)32)28(35)21-24-12-18-34(19-13-24)29(36)30(3)16-17-30/h9-10,20,24-25,33H,4-8,11-19,21-22H2,1-3H3. The average Bonchev–Trinajstić information content (AvgIpc) is 3.63. The molecule has 5 heteroatoms. The van der Waals surface area contributed by atoms with E-state index >= 15 is 0 Å².